The molecule has 188 valence electrons. The SMILES string of the molecule is CC(C)CCCCCCCOC(=O)c1ccc(Br)cc1C(=O)OCCCCCCCC(C)C. The molecule has 1 rings (SSSR count). The third-order valence-corrected chi connectivity index (χ3v) is 6.23. The minimum atomic E-state index is -0.465. The summed E-state index contributed by atoms with van der Waals surface area (Å²) in [4.78, 5) is 25.2. The van der Waals surface area contributed by atoms with Crippen LogP contribution < -0.4 is 0 Å². The molecule has 0 aromatic heterocycles. The van der Waals surface area contributed by atoms with Crippen LogP contribution in [0, 0.1) is 11.8 Å². The molecule has 0 N–H and O–H groups in total. The molecule has 1 aromatic rings. The molecule has 0 fully saturated rings. The van der Waals surface area contributed by atoms with E-state index in [1.807, 2.05) is 0 Å². The second kappa shape index (κ2) is 18.0. The normalized spacial score (nSPS) is 11.2. The van der Waals surface area contributed by atoms with Gasteiger partial charge >= 0.3 is 11.9 Å². The number of unbranched alkanes of at least 4 members (excludes halogenated alkanes) is 8. The lowest BCUT2D eigenvalue weighted by Crippen LogP contribution is -2.15. The van der Waals surface area contributed by atoms with Crippen LogP contribution >= 0.6 is 15.9 Å². The summed E-state index contributed by atoms with van der Waals surface area (Å²) in [6.07, 6.45) is 13.7. The molecular weight excluding hydrogens is 480 g/mol. The van der Waals surface area contributed by atoms with E-state index in [-0.39, 0.29) is 11.1 Å². The van der Waals surface area contributed by atoms with Crippen molar-refractivity contribution in [1.29, 1.82) is 0 Å². The van der Waals surface area contributed by atoms with Crippen LogP contribution in [0.1, 0.15) is 125 Å². The Hall–Kier alpha value is -1.36. The lowest BCUT2D eigenvalue weighted by atomic mass is 10.0. The largest absolute Gasteiger partial charge is 0.462 e. The second-order valence-electron chi connectivity index (χ2n) is 9.86. The third-order valence-electron chi connectivity index (χ3n) is 5.74. The van der Waals surface area contributed by atoms with E-state index in [2.05, 4.69) is 43.6 Å². The Kier molecular flexibility index (Phi) is 16.2. The molecule has 0 heterocycles. The summed E-state index contributed by atoms with van der Waals surface area (Å²) in [6.45, 7) is 9.76. The van der Waals surface area contributed by atoms with Gasteiger partial charge in [0.25, 0.3) is 0 Å². The highest BCUT2D eigenvalue weighted by Gasteiger charge is 2.20. The van der Waals surface area contributed by atoms with E-state index in [0.717, 1.165) is 54.8 Å². The predicted molar refractivity (Wildman–Crippen MR) is 140 cm³/mol. The smallest absolute Gasteiger partial charge is 0.339 e. The number of carbonyl (C=O) groups excluding carboxylic acids is 2. The fraction of sp³-hybridized carbons (Fsp3) is 0.714. The summed E-state index contributed by atoms with van der Waals surface area (Å²) in [5, 5.41) is 0. The Morgan fingerprint density at radius 3 is 1.58 bits per heavy atom. The first-order valence-corrected chi connectivity index (χ1v) is 13.7. The fourth-order valence-corrected chi connectivity index (χ4v) is 4.08. The Bertz CT molecular complexity index is 684. The molecule has 5 heteroatoms. The van der Waals surface area contributed by atoms with Crippen LogP contribution in [-0.4, -0.2) is 25.2 Å². The number of carbonyl (C=O) groups is 2. The zero-order chi connectivity index (χ0) is 24.5. The molecule has 0 bridgehead atoms. The number of rotatable bonds is 18. The van der Waals surface area contributed by atoms with E-state index in [0.29, 0.717) is 13.2 Å². The molecule has 0 atom stereocenters. The number of esters is 2. The van der Waals surface area contributed by atoms with Gasteiger partial charge in [0.2, 0.25) is 0 Å². The molecule has 0 amide bonds. The van der Waals surface area contributed by atoms with Crippen molar-refractivity contribution in [2.24, 2.45) is 11.8 Å². The van der Waals surface area contributed by atoms with E-state index >= 15 is 0 Å². The topological polar surface area (TPSA) is 52.6 Å². The summed E-state index contributed by atoms with van der Waals surface area (Å²) in [7, 11) is 0. The molecule has 0 aliphatic heterocycles. The average Bonchev–Trinajstić information content (AvgIpc) is 2.76. The van der Waals surface area contributed by atoms with Crippen LogP contribution in [0.5, 0.6) is 0 Å². The molecule has 0 saturated heterocycles. The number of hydrogen-bond donors (Lipinski definition) is 0. The van der Waals surface area contributed by atoms with Gasteiger partial charge in [-0.3, -0.25) is 0 Å². The van der Waals surface area contributed by atoms with Crippen molar-refractivity contribution in [1.82, 2.24) is 0 Å². The molecule has 0 saturated carbocycles. The van der Waals surface area contributed by atoms with Gasteiger partial charge in [0, 0.05) is 4.47 Å². The van der Waals surface area contributed by atoms with Crippen molar-refractivity contribution in [3.05, 3.63) is 33.8 Å². The summed E-state index contributed by atoms with van der Waals surface area (Å²) in [6, 6.07) is 5.02. The third kappa shape index (κ3) is 14.5. The van der Waals surface area contributed by atoms with Gasteiger partial charge in [0.15, 0.2) is 0 Å². The van der Waals surface area contributed by atoms with Crippen molar-refractivity contribution < 1.29 is 19.1 Å². The standard InChI is InChI=1S/C28H45BrO4/c1-22(2)15-11-7-5-9-13-19-32-27(30)25-18-17-24(29)21-26(25)28(31)33-20-14-10-6-8-12-16-23(3)4/h17-18,21-23H,5-16,19-20H2,1-4H3. The molecule has 33 heavy (non-hydrogen) atoms. The molecule has 0 radical (unpaired) electrons. The minimum absolute atomic E-state index is 0.264. The number of benzene rings is 1. The van der Waals surface area contributed by atoms with E-state index < -0.39 is 11.9 Å². The molecular formula is C28H45BrO4. The zero-order valence-electron chi connectivity index (χ0n) is 21.3. The van der Waals surface area contributed by atoms with Crippen LogP contribution in [0.2, 0.25) is 0 Å². The van der Waals surface area contributed by atoms with Crippen LogP contribution in [0.3, 0.4) is 0 Å². The van der Waals surface area contributed by atoms with Crippen LogP contribution in [0.4, 0.5) is 0 Å². The van der Waals surface area contributed by atoms with Gasteiger partial charge in [-0.05, 0) is 42.9 Å². The highest BCUT2D eigenvalue weighted by atomic mass is 79.9. The maximum absolute atomic E-state index is 12.6. The van der Waals surface area contributed by atoms with E-state index in [1.54, 1.807) is 18.2 Å². The number of halogens is 1. The van der Waals surface area contributed by atoms with Crippen LogP contribution in [0.25, 0.3) is 0 Å². The Morgan fingerprint density at radius 2 is 1.09 bits per heavy atom. The van der Waals surface area contributed by atoms with E-state index in [1.165, 1.54) is 38.5 Å². The van der Waals surface area contributed by atoms with Crippen LogP contribution in [0.15, 0.2) is 22.7 Å². The summed E-state index contributed by atoms with van der Waals surface area (Å²) in [5.74, 6) is 0.599. The highest BCUT2D eigenvalue weighted by Crippen LogP contribution is 2.20. The summed E-state index contributed by atoms with van der Waals surface area (Å²) >= 11 is 3.38. The molecule has 1 aromatic carbocycles. The maximum atomic E-state index is 12.6. The second-order valence-corrected chi connectivity index (χ2v) is 10.8. The van der Waals surface area contributed by atoms with Gasteiger partial charge in [-0.15, -0.1) is 0 Å². The molecule has 4 nitrogen and oxygen atoms in total. The van der Waals surface area contributed by atoms with Gasteiger partial charge < -0.3 is 9.47 Å². The minimum Gasteiger partial charge on any atom is -0.462 e. The summed E-state index contributed by atoms with van der Waals surface area (Å²) < 4.78 is 11.6. The van der Waals surface area contributed by atoms with Crippen molar-refractivity contribution in [3.63, 3.8) is 0 Å². The first kappa shape index (κ1) is 29.7. The maximum Gasteiger partial charge on any atom is 0.339 e. The highest BCUT2D eigenvalue weighted by molar-refractivity contribution is 9.10. The molecule has 0 unspecified atom stereocenters. The number of ether oxygens (including phenoxy) is 2. The van der Waals surface area contributed by atoms with Gasteiger partial charge in [-0.2, -0.15) is 0 Å². The molecule has 0 aliphatic rings. The predicted octanol–water partition coefficient (Wildman–Crippen LogP) is 8.76. The van der Waals surface area contributed by atoms with Crippen molar-refractivity contribution in [2.75, 3.05) is 13.2 Å². The lowest BCUT2D eigenvalue weighted by molar-refractivity contribution is 0.0450. The van der Waals surface area contributed by atoms with Crippen molar-refractivity contribution in [2.45, 2.75) is 105 Å². The Balaban J connectivity index is 2.35. The van der Waals surface area contributed by atoms with Gasteiger partial charge in [0.05, 0.1) is 24.3 Å². The van der Waals surface area contributed by atoms with Gasteiger partial charge in [0.1, 0.15) is 0 Å². The van der Waals surface area contributed by atoms with Crippen molar-refractivity contribution in [3.8, 4) is 0 Å². The van der Waals surface area contributed by atoms with Gasteiger partial charge in [-0.25, -0.2) is 9.59 Å². The fourth-order valence-electron chi connectivity index (χ4n) is 3.72. The quantitative estimate of drug-likeness (QED) is 0.142. The van der Waals surface area contributed by atoms with E-state index in [9.17, 15) is 9.59 Å². The number of hydrogen-bond acceptors (Lipinski definition) is 4. The van der Waals surface area contributed by atoms with Gasteiger partial charge in [-0.1, -0.05) is 108 Å². The Labute approximate surface area is 210 Å². The first-order valence-electron chi connectivity index (χ1n) is 12.9. The zero-order valence-corrected chi connectivity index (χ0v) is 22.9. The lowest BCUT2D eigenvalue weighted by Gasteiger charge is -2.11. The monoisotopic (exact) mass is 524 g/mol. The molecule has 0 aliphatic carbocycles. The van der Waals surface area contributed by atoms with Crippen molar-refractivity contribution >= 4 is 27.9 Å². The van der Waals surface area contributed by atoms with Crippen LogP contribution in [-0.2, 0) is 9.47 Å². The Morgan fingerprint density at radius 1 is 0.667 bits per heavy atom. The molecule has 0 spiro atoms. The summed E-state index contributed by atoms with van der Waals surface area (Å²) in [5.41, 5.74) is 0.536. The average molecular weight is 526 g/mol. The van der Waals surface area contributed by atoms with E-state index in [4.69, 9.17) is 9.47 Å². The first-order chi connectivity index (χ1) is 15.8.